The number of hydrogen-bond acceptors (Lipinski definition) is 4. The first-order chi connectivity index (χ1) is 10.0. The lowest BCUT2D eigenvalue weighted by atomic mass is 10.1. The normalized spacial score (nSPS) is 10.8. The molecule has 21 heavy (non-hydrogen) atoms. The summed E-state index contributed by atoms with van der Waals surface area (Å²) < 4.78 is 18.5. The Morgan fingerprint density at radius 3 is 2.62 bits per heavy atom. The maximum Gasteiger partial charge on any atom is 0.165 e. The minimum absolute atomic E-state index is 0.191. The van der Waals surface area contributed by atoms with Crippen LogP contribution in [0.2, 0.25) is 0 Å². The van der Waals surface area contributed by atoms with Crippen molar-refractivity contribution in [3.05, 3.63) is 35.8 Å². The number of methoxy groups -OCH3 is 1. The first-order valence-electron chi connectivity index (χ1n) is 7.02. The monoisotopic (exact) mass is 289 g/mol. The van der Waals surface area contributed by atoms with Gasteiger partial charge in [0, 0.05) is 23.9 Å². The molecule has 1 heterocycles. The molecule has 0 fully saturated rings. The van der Waals surface area contributed by atoms with Gasteiger partial charge in [0.25, 0.3) is 0 Å². The van der Waals surface area contributed by atoms with Crippen molar-refractivity contribution in [3.8, 4) is 17.1 Å². The molecule has 0 bridgehead atoms. The van der Waals surface area contributed by atoms with Crippen LogP contribution in [-0.4, -0.2) is 23.6 Å². The van der Waals surface area contributed by atoms with E-state index in [0.29, 0.717) is 5.82 Å². The van der Waals surface area contributed by atoms with Gasteiger partial charge < -0.3 is 10.1 Å². The zero-order valence-corrected chi connectivity index (χ0v) is 12.8. The molecule has 0 spiro atoms. The molecule has 0 amide bonds. The first-order valence-corrected chi connectivity index (χ1v) is 7.02. The van der Waals surface area contributed by atoms with E-state index in [2.05, 4.69) is 29.1 Å². The minimum atomic E-state index is -0.395. The number of anilines is 1. The second kappa shape index (κ2) is 6.52. The Bertz CT molecular complexity index is 629. The smallest absolute Gasteiger partial charge is 0.165 e. The molecule has 0 aliphatic rings. The standard InChI is InChI=1S/C16H20FN3O/c1-5-18-15-9-13(10(2)3)19-16(20-15)11-6-7-12(17)14(8-11)21-4/h6-10H,5H2,1-4H3,(H,18,19,20). The average Bonchev–Trinajstić information content (AvgIpc) is 2.47. The van der Waals surface area contributed by atoms with Gasteiger partial charge in [-0.15, -0.1) is 0 Å². The van der Waals surface area contributed by atoms with Crippen molar-refractivity contribution in [2.75, 3.05) is 19.0 Å². The summed E-state index contributed by atoms with van der Waals surface area (Å²) in [4.78, 5) is 9.04. The van der Waals surface area contributed by atoms with E-state index in [9.17, 15) is 4.39 Å². The largest absolute Gasteiger partial charge is 0.494 e. The lowest BCUT2D eigenvalue weighted by Gasteiger charge is -2.12. The van der Waals surface area contributed by atoms with Crippen LogP contribution in [0, 0.1) is 5.82 Å². The summed E-state index contributed by atoms with van der Waals surface area (Å²) in [5, 5.41) is 3.20. The highest BCUT2D eigenvalue weighted by atomic mass is 19.1. The minimum Gasteiger partial charge on any atom is -0.494 e. The fraction of sp³-hybridized carbons (Fsp3) is 0.375. The third kappa shape index (κ3) is 3.48. The summed E-state index contributed by atoms with van der Waals surface area (Å²) in [6.45, 7) is 6.94. The van der Waals surface area contributed by atoms with Crippen LogP contribution in [0.5, 0.6) is 5.75 Å². The van der Waals surface area contributed by atoms with E-state index in [0.717, 1.165) is 23.6 Å². The Hall–Kier alpha value is -2.17. The first kappa shape index (κ1) is 15.2. The number of nitrogens with zero attached hydrogens (tertiary/aromatic N) is 2. The fourth-order valence-electron chi connectivity index (χ4n) is 1.96. The van der Waals surface area contributed by atoms with Crippen molar-refractivity contribution >= 4 is 5.82 Å². The molecule has 5 heteroatoms. The average molecular weight is 289 g/mol. The number of aromatic nitrogens is 2. The molecule has 0 atom stereocenters. The number of rotatable bonds is 5. The van der Waals surface area contributed by atoms with Crippen LogP contribution in [0.4, 0.5) is 10.2 Å². The summed E-state index contributed by atoms with van der Waals surface area (Å²) in [7, 11) is 1.44. The van der Waals surface area contributed by atoms with Crippen LogP contribution in [0.15, 0.2) is 24.3 Å². The van der Waals surface area contributed by atoms with Gasteiger partial charge >= 0.3 is 0 Å². The maximum absolute atomic E-state index is 13.5. The molecule has 0 radical (unpaired) electrons. The second-order valence-electron chi connectivity index (χ2n) is 5.04. The van der Waals surface area contributed by atoms with E-state index in [1.54, 1.807) is 12.1 Å². The van der Waals surface area contributed by atoms with Crippen LogP contribution >= 0.6 is 0 Å². The highest BCUT2D eigenvalue weighted by Gasteiger charge is 2.11. The van der Waals surface area contributed by atoms with Crippen LogP contribution in [0.1, 0.15) is 32.4 Å². The summed E-state index contributed by atoms with van der Waals surface area (Å²) in [5.41, 5.74) is 1.68. The highest BCUT2D eigenvalue weighted by Crippen LogP contribution is 2.26. The molecule has 0 unspecified atom stereocenters. The zero-order valence-electron chi connectivity index (χ0n) is 12.8. The van der Waals surface area contributed by atoms with Crippen LogP contribution in [0.3, 0.4) is 0 Å². The molecular weight excluding hydrogens is 269 g/mol. The Morgan fingerprint density at radius 1 is 1.24 bits per heavy atom. The van der Waals surface area contributed by atoms with E-state index in [4.69, 9.17) is 4.74 Å². The van der Waals surface area contributed by atoms with Crippen molar-refractivity contribution in [3.63, 3.8) is 0 Å². The predicted molar refractivity (Wildman–Crippen MR) is 82.2 cm³/mol. The van der Waals surface area contributed by atoms with Crippen LogP contribution in [-0.2, 0) is 0 Å². The quantitative estimate of drug-likeness (QED) is 0.908. The summed E-state index contributed by atoms with van der Waals surface area (Å²) in [6, 6.07) is 6.59. The van der Waals surface area contributed by atoms with Crippen molar-refractivity contribution in [1.82, 2.24) is 9.97 Å². The van der Waals surface area contributed by atoms with E-state index < -0.39 is 5.82 Å². The SMILES string of the molecule is CCNc1cc(C(C)C)nc(-c2ccc(F)c(OC)c2)n1. The predicted octanol–water partition coefficient (Wildman–Crippen LogP) is 3.85. The fourth-order valence-corrected chi connectivity index (χ4v) is 1.96. The molecule has 0 aliphatic carbocycles. The number of nitrogens with one attached hydrogen (secondary N) is 1. The summed E-state index contributed by atoms with van der Waals surface area (Å²) in [5.74, 6) is 1.42. The van der Waals surface area contributed by atoms with Gasteiger partial charge in [-0.05, 0) is 31.0 Å². The number of halogens is 1. The van der Waals surface area contributed by atoms with Gasteiger partial charge in [0.1, 0.15) is 5.82 Å². The van der Waals surface area contributed by atoms with E-state index in [-0.39, 0.29) is 11.7 Å². The number of benzene rings is 1. The van der Waals surface area contributed by atoms with Gasteiger partial charge in [-0.3, -0.25) is 0 Å². The van der Waals surface area contributed by atoms with Crippen LogP contribution < -0.4 is 10.1 Å². The molecule has 4 nitrogen and oxygen atoms in total. The molecule has 2 rings (SSSR count). The lowest BCUT2D eigenvalue weighted by Crippen LogP contribution is -2.05. The zero-order chi connectivity index (χ0) is 15.4. The Morgan fingerprint density at radius 2 is 2.00 bits per heavy atom. The van der Waals surface area contributed by atoms with Gasteiger partial charge in [-0.1, -0.05) is 13.8 Å². The lowest BCUT2D eigenvalue weighted by molar-refractivity contribution is 0.386. The van der Waals surface area contributed by atoms with E-state index in [1.807, 2.05) is 13.0 Å². The molecule has 1 aromatic carbocycles. The van der Waals surface area contributed by atoms with Crippen molar-refractivity contribution < 1.29 is 9.13 Å². The highest BCUT2D eigenvalue weighted by molar-refractivity contribution is 5.60. The molecule has 1 N–H and O–H groups in total. The molecule has 112 valence electrons. The maximum atomic E-state index is 13.5. The van der Waals surface area contributed by atoms with Gasteiger partial charge in [-0.25, -0.2) is 14.4 Å². The second-order valence-corrected chi connectivity index (χ2v) is 5.04. The third-order valence-corrected chi connectivity index (χ3v) is 3.10. The van der Waals surface area contributed by atoms with Gasteiger partial charge in [0.15, 0.2) is 17.4 Å². The summed E-state index contributed by atoms with van der Waals surface area (Å²) in [6.07, 6.45) is 0. The number of hydrogen-bond donors (Lipinski definition) is 1. The third-order valence-electron chi connectivity index (χ3n) is 3.10. The van der Waals surface area contributed by atoms with Gasteiger partial charge in [-0.2, -0.15) is 0 Å². The van der Waals surface area contributed by atoms with E-state index in [1.165, 1.54) is 13.2 Å². The van der Waals surface area contributed by atoms with Crippen LogP contribution in [0.25, 0.3) is 11.4 Å². The van der Waals surface area contributed by atoms with Crippen molar-refractivity contribution in [2.45, 2.75) is 26.7 Å². The summed E-state index contributed by atoms with van der Waals surface area (Å²) >= 11 is 0. The molecule has 0 saturated heterocycles. The topological polar surface area (TPSA) is 47.0 Å². The Kier molecular flexibility index (Phi) is 4.73. The van der Waals surface area contributed by atoms with Crippen molar-refractivity contribution in [1.29, 1.82) is 0 Å². The molecule has 1 aromatic heterocycles. The Balaban J connectivity index is 2.51. The van der Waals surface area contributed by atoms with Crippen molar-refractivity contribution in [2.24, 2.45) is 0 Å². The van der Waals surface area contributed by atoms with E-state index >= 15 is 0 Å². The number of ether oxygens (including phenoxy) is 1. The Labute approximate surface area is 124 Å². The van der Waals surface area contributed by atoms with Gasteiger partial charge in [0.2, 0.25) is 0 Å². The molecule has 0 aliphatic heterocycles. The molecule has 2 aromatic rings. The van der Waals surface area contributed by atoms with Gasteiger partial charge in [0.05, 0.1) is 7.11 Å². The molecular formula is C16H20FN3O. The molecule has 0 saturated carbocycles.